The largest absolute Gasteiger partial charge is 0.573 e. The molecule has 0 atom stereocenters. The van der Waals surface area contributed by atoms with Crippen LogP contribution in [0.2, 0.25) is 0 Å². The Kier molecular flexibility index (Phi) is 6.28. The molecule has 0 amide bonds. The number of hydrogen-bond acceptors (Lipinski definition) is 5. The summed E-state index contributed by atoms with van der Waals surface area (Å²) in [6.45, 7) is 0.654. The summed E-state index contributed by atoms with van der Waals surface area (Å²) in [4.78, 5) is 8.00. The molecule has 2 aromatic rings. The van der Waals surface area contributed by atoms with Gasteiger partial charge in [0.15, 0.2) is 5.84 Å². The van der Waals surface area contributed by atoms with Gasteiger partial charge in [-0.2, -0.15) is 0 Å². The van der Waals surface area contributed by atoms with Gasteiger partial charge in [0.2, 0.25) is 0 Å². The van der Waals surface area contributed by atoms with Crippen molar-refractivity contribution in [1.29, 1.82) is 5.41 Å². The summed E-state index contributed by atoms with van der Waals surface area (Å²) in [7, 11) is 0. The molecule has 0 saturated heterocycles. The molecule has 150 valence electrons. The lowest BCUT2D eigenvalue weighted by atomic mass is 10.1. The Bertz CT molecular complexity index is 935. The second kappa shape index (κ2) is 9.05. The fourth-order valence-corrected chi connectivity index (χ4v) is 2.54. The van der Waals surface area contributed by atoms with Crippen molar-refractivity contribution in [3.63, 3.8) is 0 Å². The van der Waals surface area contributed by atoms with Gasteiger partial charge < -0.3 is 15.4 Å². The zero-order valence-electron chi connectivity index (χ0n) is 15.2. The lowest BCUT2D eigenvalue weighted by Crippen LogP contribution is -2.25. The van der Waals surface area contributed by atoms with Gasteiger partial charge in [0.25, 0.3) is 0 Å². The Morgan fingerprint density at radius 1 is 1.03 bits per heavy atom. The topological polar surface area (TPSA) is 81.9 Å². The second-order valence-electron chi connectivity index (χ2n) is 6.02. The molecule has 0 saturated carbocycles. The monoisotopic (exact) mass is 401 g/mol. The van der Waals surface area contributed by atoms with Crippen molar-refractivity contribution in [2.24, 2.45) is 9.98 Å². The quantitative estimate of drug-likeness (QED) is 0.637. The van der Waals surface area contributed by atoms with Crippen LogP contribution in [0.5, 0.6) is 5.75 Å². The molecule has 0 aliphatic carbocycles. The predicted molar refractivity (Wildman–Crippen MR) is 107 cm³/mol. The van der Waals surface area contributed by atoms with Crippen LogP contribution in [0.15, 0.2) is 76.4 Å². The zero-order valence-corrected chi connectivity index (χ0v) is 15.2. The van der Waals surface area contributed by atoms with Crippen LogP contribution >= 0.6 is 0 Å². The predicted octanol–water partition coefficient (Wildman–Crippen LogP) is 4.13. The van der Waals surface area contributed by atoms with Crippen LogP contribution in [0.3, 0.4) is 0 Å². The van der Waals surface area contributed by atoms with E-state index in [0.717, 1.165) is 6.42 Å². The number of alkyl halides is 3. The number of halogens is 3. The van der Waals surface area contributed by atoms with Crippen molar-refractivity contribution in [3.05, 3.63) is 71.9 Å². The van der Waals surface area contributed by atoms with Crippen molar-refractivity contribution >= 4 is 23.7 Å². The summed E-state index contributed by atoms with van der Waals surface area (Å²) in [6, 6.07) is 15.2. The van der Waals surface area contributed by atoms with Gasteiger partial charge in [-0.15, -0.1) is 13.2 Å². The highest BCUT2D eigenvalue weighted by atomic mass is 19.4. The number of nitrogens with zero attached hydrogens (tertiary/aromatic N) is 2. The average molecular weight is 401 g/mol. The third kappa shape index (κ3) is 6.20. The van der Waals surface area contributed by atoms with Crippen LogP contribution in [0.4, 0.5) is 18.9 Å². The summed E-state index contributed by atoms with van der Waals surface area (Å²) < 4.78 is 40.6. The molecular formula is C20H18F3N5O. The van der Waals surface area contributed by atoms with E-state index in [0.29, 0.717) is 23.6 Å². The molecule has 0 spiro atoms. The molecule has 3 rings (SSSR count). The number of nitrogens with one attached hydrogen (secondary N) is 3. The highest BCUT2D eigenvalue weighted by Crippen LogP contribution is 2.24. The van der Waals surface area contributed by atoms with Gasteiger partial charge in [-0.25, -0.2) is 9.98 Å². The van der Waals surface area contributed by atoms with E-state index in [1.807, 2.05) is 30.3 Å². The standard InChI is InChI=1S/C20H18F3N5O/c21-20(22,23)29-16-8-6-15(7-9-16)28-19-17(18(24)26-13-27-19)12-25-11-10-14-4-2-1-3-5-14/h1-9,12-13,25H,10-11H2,(H2,24,26,27,28)/b17-12+. The van der Waals surface area contributed by atoms with E-state index >= 15 is 0 Å². The Hall–Kier alpha value is -3.62. The van der Waals surface area contributed by atoms with Crippen LogP contribution in [-0.2, 0) is 6.42 Å². The van der Waals surface area contributed by atoms with Crippen LogP contribution in [0.1, 0.15) is 5.56 Å². The Labute approximate surface area is 165 Å². The number of anilines is 1. The lowest BCUT2D eigenvalue weighted by molar-refractivity contribution is -0.274. The molecule has 2 aromatic carbocycles. The summed E-state index contributed by atoms with van der Waals surface area (Å²) in [5, 5.41) is 14.1. The molecule has 1 heterocycles. The number of benzene rings is 2. The number of rotatable bonds is 6. The Balaban J connectivity index is 1.62. The second-order valence-corrected chi connectivity index (χ2v) is 6.02. The van der Waals surface area contributed by atoms with E-state index in [1.165, 1.54) is 36.2 Å². The maximum atomic E-state index is 12.3. The third-order valence-corrected chi connectivity index (χ3v) is 3.88. The highest BCUT2D eigenvalue weighted by Gasteiger charge is 2.31. The molecule has 29 heavy (non-hydrogen) atoms. The van der Waals surface area contributed by atoms with E-state index in [-0.39, 0.29) is 11.6 Å². The van der Waals surface area contributed by atoms with Crippen molar-refractivity contribution in [2.75, 3.05) is 11.9 Å². The first-order valence-corrected chi connectivity index (χ1v) is 8.71. The molecule has 6 nitrogen and oxygen atoms in total. The molecule has 0 bridgehead atoms. The minimum Gasteiger partial charge on any atom is -0.406 e. The molecule has 9 heteroatoms. The van der Waals surface area contributed by atoms with Gasteiger partial charge >= 0.3 is 6.36 Å². The van der Waals surface area contributed by atoms with Gasteiger partial charge in [-0.1, -0.05) is 30.3 Å². The minimum atomic E-state index is -4.74. The fraction of sp³-hybridized carbons (Fsp3) is 0.150. The maximum Gasteiger partial charge on any atom is 0.573 e. The molecule has 3 N–H and O–H groups in total. The molecule has 0 aromatic heterocycles. The fourth-order valence-electron chi connectivity index (χ4n) is 2.54. The van der Waals surface area contributed by atoms with Crippen LogP contribution in [-0.4, -0.2) is 30.9 Å². The Morgan fingerprint density at radius 3 is 2.45 bits per heavy atom. The van der Waals surface area contributed by atoms with Crippen molar-refractivity contribution in [3.8, 4) is 5.75 Å². The van der Waals surface area contributed by atoms with E-state index in [9.17, 15) is 13.2 Å². The summed E-state index contributed by atoms with van der Waals surface area (Å²) >= 11 is 0. The maximum absolute atomic E-state index is 12.3. The van der Waals surface area contributed by atoms with Crippen molar-refractivity contribution in [2.45, 2.75) is 12.8 Å². The molecule has 0 unspecified atom stereocenters. The molecule has 1 aliphatic heterocycles. The number of hydrogen-bond donors (Lipinski definition) is 3. The summed E-state index contributed by atoms with van der Waals surface area (Å²) in [6.07, 6.45) is -1.04. The molecule has 1 aliphatic rings. The number of aliphatic imine (C=N–C) groups is 2. The third-order valence-electron chi connectivity index (χ3n) is 3.88. The van der Waals surface area contributed by atoms with Crippen LogP contribution < -0.4 is 15.4 Å². The normalized spacial score (nSPS) is 15.2. The van der Waals surface area contributed by atoms with Crippen molar-refractivity contribution < 1.29 is 17.9 Å². The van der Waals surface area contributed by atoms with Crippen LogP contribution in [0, 0.1) is 5.41 Å². The van der Waals surface area contributed by atoms with E-state index in [1.54, 1.807) is 6.20 Å². The summed E-state index contributed by atoms with van der Waals surface area (Å²) in [5.41, 5.74) is 2.12. The van der Waals surface area contributed by atoms with Crippen LogP contribution in [0.25, 0.3) is 0 Å². The van der Waals surface area contributed by atoms with Crippen molar-refractivity contribution in [1.82, 2.24) is 5.32 Å². The van der Waals surface area contributed by atoms with E-state index < -0.39 is 6.36 Å². The van der Waals surface area contributed by atoms with E-state index in [4.69, 9.17) is 5.41 Å². The zero-order chi connectivity index (χ0) is 20.7. The minimum absolute atomic E-state index is 0.0201. The highest BCUT2D eigenvalue weighted by molar-refractivity contribution is 6.30. The average Bonchev–Trinajstić information content (AvgIpc) is 2.68. The van der Waals surface area contributed by atoms with Gasteiger partial charge in [0.05, 0.1) is 5.57 Å². The molecule has 0 radical (unpaired) electrons. The summed E-state index contributed by atoms with van der Waals surface area (Å²) in [5.74, 6) is 0.0646. The van der Waals surface area contributed by atoms with Gasteiger partial charge in [0, 0.05) is 18.4 Å². The van der Waals surface area contributed by atoms with Gasteiger partial charge in [0.1, 0.15) is 17.9 Å². The SMILES string of the molecule is N=C1N=CN=C(Nc2ccc(OC(F)(F)F)cc2)/C1=C/NCCc1ccccc1. The van der Waals surface area contributed by atoms with Gasteiger partial charge in [-0.3, -0.25) is 5.41 Å². The molecular weight excluding hydrogens is 383 g/mol. The van der Waals surface area contributed by atoms with Gasteiger partial charge in [-0.05, 0) is 36.2 Å². The first-order chi connectivity index (χ1) is 13.9. The number of ether oxygens (including phenoxy) is 1. The molecule has 0 fully saturated rings. The lowest BCUT2D eigenvalue weighted by Gasteiger charge is -2.15. The smallest absolute Gasteiger partial charge is 0.406 e. The first kappa shape index (κ1) is 20.1. The first-order valence-electron chi connectivity index (χ1n) is 8.71. The van der Waals surface area contributed by atoms with E-state index in [2.05, 4.69) is 25.4 Å². The Morgan fingerprint density at radius 2 is 1.76 bits per heavy atom. The number of amidine groups is 2.